The van der Waals surface area contributed by atoms with E-state index in [1.807, 2.05) is 0 Å². The van der Waals surface area contributed by atoms with Crippen LogP contribution in [0.4, 0.5) is 0 Å². The van der Waals surface area contributed by atoms with Gasteiger partial charge in [-0.15, -0.1) is 0 Å². The lowest BCUT2D eigenvalue weighted by molar-refractivity contribution is 0.184. The lowest BCUT2D eigenvalue weighted by atomic mass is 10.0. The average molecular weight is 313 g/mol. The molecule has 1 fully saturated rings. The maximum Gasteiger partial charge on any atom is 0.0556 e. The van der Waals surface area contributed by atoms with Crippen molar-refractivity contribution in [3.05, 3.63) is 34.3 Å². The van der Waals surface area contributed by atoms with Crippen LogP contribution in [0.15, 0.2) is 28.7 Å². The Morgan fingerprint density at radius 1 is 1.28 bits per heavy atom. The van der Waals surface area contributed by atoms with E-state index in [9.17, 15) is 0 Å². The largest absolute Gasteiger partial charge is 0.395 e. The minimum absolute atomic E-state index is 0.233. The monoisotopic (exact) mass is 312 g/mol. The second-order valence-electron chi connectivity index (χ2n) is 4.82. The van der Waals surface area contributed by atoms with Gasteiger partial charge in [0.1, 0.15) is 0 Å². The van der Waals surface area contributed by atoms with Crippen molar-refractivity contribution in [2.75, 3.05) is 26.2 Å². The Balaban J connectivity index is 1.78. The van der Waals surface area contributed by atoms with E-state index in [1.165, 1.54) is 22.9 Å². The molecule has 1 aromatic rings. The van der Waals surface area contributed by atoms with E-state index in [0.29, 0.717) is 6.04 Å². The maximum atomic E-state index is 8.80. The fourth-order valence-electron chi connectivity index (χ4n) is 2.43. The number of hydrogen-bond acceptors (Lipinski definition) is 3. The van der Waals surface area contributed by atoms with Gasteiger partial charge in [0.05, 0.1) is 6.61 Å². The van der Waals surface area contributed by atoms with Crippen molar-refractivity contribution in [2.45, 2.75) is 25.4 Å². The number of nitrogens with one attached hydrogen (secondary N) is 1. The normalized spacial score (nSPS) is 18.1. The molecule has 0 aromatic heterocycles. The first-order valence-corrected chi connectivity index (χ1v) is 7.39. The molecule has 0 amide bonds. The van der Waals surface area contributed by atoms with Gasteiger partial charge >= 0.3 is 0 Å². The molecule has 2 rings (SSSR count). The smallest absolute Gasteiger partial charge is 0.0556 e. The predicted molar refractivity (Wildman–Crippen MR) is 77.5 cm³/mol. The number of aliphatic hydroxyl groups is 1. The van der Waals surface area contributed by atoms with Crippen LogP contribution in [0.1, 0.15) is 18.4 Å². The number of halogens is 1. The molecular formula is C14H21BrN2O. The Labute approximate surface area is 117 Å². The van der Waals surface area contributed by atoms with Gasteiger partial charge in [0, 0.05) is 23.6 Å². The fraction of sp³-hybridized carbons (Fsp3) is 0.571. The number of benzene rings is 1. The van der Waals surface area contributed by atoms with Gasteiger partial charge in [0.2, 0.25) is 0 Å². The molecule has 1 saturated heterocycles. The summed E-state index contributed by atoms with van der Waals surface area (Å²) in [5, 5.41) is 12.2. The highest BCUT2D eigenvalue weighted by Crippen LogP contribution is 2.20. The Kier molecular flexibility index (Phi) is 5.63. The van der Waals surface area contributed by atoms with Crippen molar-refractivity contribution < 1.29 is 5.11 Å². The van der Waals surface area contributed by atoms with E-state index in [1.54, 1.807) is 0 Å². The molecule has 1 aromatic carbocycles. The molecule has 0 spiro atoms. The molecule has 0 bridgehead atoms. The van der Waals surface area contributed by atoms with Gasteiger partial charge in [-0.25, -0.2) is 0 Å². The molecular weight excluding hydrogens is 292 g/mol. The van der Waals surface area contributed by atoms with Crippen molar-refractivity contribution >= 4 is 15.9 Å². The van der Waals surface area contributed by atoms with Crippen LogP contribution in [0.5, 0.6) is 0 Å². The van der Waals surface area contributed by atoms with Crippen LogP contribution < -0.4 is 5.32 Å². The zero-order valence-corrected chi connectivity index (χ0v) is 12.2. The molecule has 0 unspecified atom stereocenters. The van der Waals surface area contributed by atoms with E-state index >= 15 is 0 Å². The number of piperidine rings is 1. The molecule has 0 saturated carbocycles. The Hall–Kier alpha value is -0.420. The summed E-state index contributed by atoms with van der Waals surface area (Å²) < 4.78 is 1.20. The third-order valence-electron chi connectivity index (χ3n) is 3.48. The summed E-state index contributed by atoms with van der Waals surface area (Å²) in [5.74, 6) is 0. The first-order valence-electron chi connectivity index (χ1n) is 6.59. The summed E-state index contributed by atoms with van der Waals surface area (Å²) in [4.78, 5) is 2.50. The summed E-state index contributed by atoms with van der Waals surface area (Å²) in [5.41, 5.74) is 1.36. The Morgan fingerprint density at radius 2 is 2.00 bits per heavy atom. The molecule has 18 heavy (non-hydrogen) atoms. The summed E-state index contributed by atoms with van der Waals surface area (Å²) >= 11 is 3.60. The van der Waals surface area contributed by atoms with E-state index in [4.69, 9.17) is 5.11 Å². The van der Waals surface area contributed by atoms with Gasteiger partial charge in [0.15, 0.2) is 0 Å². The van der Waals surface area contributed by atoms with Crippen LogP contribution in [0.2, 0.25) is 0 Å². The Morgan fingerprint density at radius 3 is 2.67 bits per heavy atom. The van der Waals surface area contributed by atoms with Gasteiger partial charge in [-0.3, -0.25) is 4.90 Å². The third-order valence-corrected chi connectivity index (χ3v) is 4.26. The molecule has 1 heterocycles. The quantitative estimate of drug-likeness (QED) is 0.873. The van der Waals surface area contributed by atoms with Gasteiger partial charge < -0.3 is 10.4 Å². The fourth-order valence-corrected chi connectivity index (χ4v) is 2.84. The number of likely N-dealkylation sites (tertiary alicyclic amines) is 1. The predicted octanol–water partition coefficient (Wildman–Crippen LogP) is 2.00. The average Bonchev–Trinajstić information content (AvgIpc) is 2.41. The highest BCUT2D eigenvalue weighted by atomic mass is 79.9. The lowest BCUT2D eigenvalue weighted by Crippen LogP contribution is -2.42. The highest BCUT2D eigenvalue weighted by Gasteiger charge is 2.18. The first kappa shape index (κ1) is 14.0. The van der Waals surface area contributed by atoms with Crippen LogP contribution in [-0.2, 0) is 6.54 Å². The molecule has 1 aliphatic rings. The molecule has 0 aliphatic carbocycles. The van der Waals surface area contributed by atoms with E-state index in [0.717, 1.165) is 26.2 Å². The third kappa shape index (κ3) is 4.05. The van der Waals surface area contributed by atoms with Crippen molar-refractivity contribution in [2.24, 2.45) is 0 Å². The minimum atomic E-state index is 0.233. The molecule has 2 N–H and O–H groups in total. The van der Waals surface area contributed by atoms with E-state index in [-0.39, 0.29) is 6.61 Å². The van der Waals surface area contributed by atoms with Crippen LogP contribution >= 0.6 is 15.9 Å². The van der Waals surface area contributed by atoms with Crippen molar-refractivity contribution in [1.29, 1.82) is 0 Å². The van der Waals surface area contributed by atoms with Crippen molar-refractivity contribution in [3.8, 4) is 0 Å². The molecule has 1 aliphatic heterocycles. The number of rotatable bonds is 5. The zero-order valence-electron chi connectivity index (χ0n) is 10.6. The molecule has 3 nitrogen and oxygen atoms in total. The zero-order chi connectivity index (χ0) is 12.8. The highest BCUT2D eigenvalue weighted by molar-refractivity contribution is 9.10. The second kappa shape index (κ2) is 7.24. The number of aliphatic hydroxyl groups excluding tert-OH is 1. The van der Waals surface area contributed by atoms with Crippen molar-refractivity contribution in [3.63, 3.8) is 0 Å². The first-order chi connectivity index (χ1) is 8.79. The molecule has 100 valence electrons. The van der Waals surface area contributed by atoms with Crippen LogP contribution in [-0.4, -0.2) is 42.3 Å². The van der Waals surface area contributed by atoms with E-state index < -0.39 is 0 Å². The van der Waals surface area contributed by atoms with Gasteiger partial charge in [-0.1, -0.05) is 34.1 Å². The minimum Gasteiger partial charge on any atom is -0.395 e. The summed E-state index contributed by atoms with van der Waals surface area (Å²) in [6.07, 6.45) is 2.34. The number of hydrogen-bond donors (Lipinski definition) is 2. The van der Waals surface area contributed by atoms with Crippen LogP contribution in [0, 0.1) is 0 Å². The maximum absolute atomic E-state index is 8.80. The topological polar surface area (TPSA) is 35.5 Å². The van der Waals surface area contributed by atoms with Crippen LogP contribution in [0.3, 0.4) is 0 Å². The summed E-state index contributed by atoms with van der Waals surface area (Å²) in [7, 11) is 0. The Bertz CT molecular complexity index is 365. The van der Waals surface area contributed by atoms with E-state index in [2.05, 4.69) is 50.4 Å². The number of nitrogens with zero attached hydrogens (tertiary/aromatic N) is 1. The van der Waals surface area contributed by atoms with Crippen molar-refractivity contribution in [1.82, 2.24) is 10.2 Å². The second-order valence-corrected chi connectivity index (χ2v) is 5.67. The van der Waals surface area contributed by atoms with Gasteiger partial charge in [-0.2, -0.15) is 0 Å². The van der Waals surface area contributed by atoms with Gasteiger partial charge in [-0.05, 0) is 37.6 Å². The summed E-state index contributed by atoms with van der Waals surface area (Å²) in [6, 6.07) is 9.01. The molecule has 0 atom stereocenters. The van der Waals surface area contributed by atoms with Crippen LogP contribution in [0.25, 0.3) is 0 Å². The molecule has 0 radical (unpaired) electrons. The summed E-state index contributed by atoms with van der Waals surface area (Å²) in [6.45, 7) is 4.23. The SMILES string of the molecule is OCCNC1CCN(Cc2ccccc2Br)CC1. The standard InChI is InChI=1S/C14H21BrN2O/c15-14-4-2-1-3-12(14)11-17-8-5-13(6-9-17)16-7-10-18/h1-4,13,16,18H,5-11H2. The lowest BCUT2D eigenvalue weighted by Gasteiger charge is -2.32. The van der Waals surface area contributed by atoms with Gasteiger partial charge in [0.25, 0.3) is 0 Å². The molecule has 4 heteroatoms.